The standard InChI is InChI=1S/C18H18F4N2O2/c19-13-5-7-15(8-6-13)26-11-3-1-2-4-17(25)24-14-9-10-23-16(12-14)18(20,21)22/h5-10,12H,1-4,11H2,(H,23,24,25). The van der Waals surface area contributed by atoms with E-state index in [9.17, 15) is 22.4 Å². The van der Waals surface area contributed by atoms with Crippen molar-refractivity contribution >= 4 is 11.6 Å². The molecule has 0 radical (unpaired) electrons. The van der Waals surface area contributed by atoms with E-state index >= 15 is 0 Å². The maximum absolute atomic E-state index is 12.7. The highest BCUT2D eigenvalue weighted by Gasteiger charge is 2.32. The van der Waals surface area contributed by atoms with Crippen LogP contribution in [0.4, 0.5) is 23.2 Å². The molecule has 8 heteroatoms. The fourth-order valence-corrected chi connectivity index (χ4v) is 2.17. The topological polar surface area (TPSA) is 51.2 Å². The van der Waals surface area contributed by atoms with E-state index in [0.29, 0.717) is 25.2 Å². The number of nitrogens with zero attached hydrogens (tertiary/aromatic N) is 1. The fraction of sp³-hybridized carbons (Fsp3) is 0.333. The van der Waals surface area contributed by atoms with Crippen LogP contribution in [0.25, 0.3) is 0 Å². The Morgan fingerprint density at radius 1 is 1.08 bits per heavy atom. The van der Waals surface area contributed by atoms with Gasteiger partial charge in [-0.25, -0.2) is 4.39 Å². The minimum atomic E-state index is -4.55. The number of carbonyl (C=O) groups is 1. The largest absolute Gasteiger partial charge is 0.494 e. The summed E-state index contributed by atoms with van der Waals surface area (Å²) in [6, 6.07) is 7.80. The van der Waals surface area contributed by atoms with Gasteiger partial charge < -0.3 is 10.1 Å². The van der Waals surface area contributed by atoms with Gasteiger partial charge in [-0.2, -0.15) is 13.2 Å². The number of pyridine rings is 1. The van der Waals surface area contributed by atoms with E-state index in [1.54, 1.807) is 0 Å². The molecule has 0 aliphatic heterocycles. The average Bonchev–Trinajstić information content (AvgIpc) is 2.59. The van der Waals surface area contributed by atoms with E-state index in [1.807, 2.05) is 0 Å². The number of anilines is 1. The van der Waals surface area contributed by atoms with E-state index in [4.69, 9.17) is 4.74 Å². The van der Waals surface area contributed by atoms with Crippen LogP contribution in [0.15, 0.2) is 42.6 Å². The summed E-state index contributed by atoms with van der Waals surface area (Å²) >= 11 is 0. The zero-order valence-corrected chi connectivity index (χ0v) is 13.9. The van der Waals surface area contributed by atoms with Gasteiger partial charge in [0.15, 0.2) is 0 Å². The van der Waals surface area contributed by atoms with E-state index < -0.39 is 11.9 Å². The number of nitrogens with one attached hydrogen (secondary N) is 1. The van der Waals surface area contributed by atoms with Gasteiger partial charge in [0, 0.05) is 18.3 Å². The average molecular weight is 370 g/mol. The first-order chi connectivity index (χ1) is 12.3. The van der Waals surface area contributed by atoms with Crippen LogP contribution < -0.4 is 10.1 Å². The molecule has 26 heavy (non-hydrogen) atoms. The molecule has 0 aliphatic rings. The van der Waals surface area contributed by atoms with Crippen LogP contribution in [-0.4, -0.2) is 17.5 Å². The number of alkyl halides is 3. The summed E-state index contributed by atoms with van der Waals surface area (Å²) in [7, 11) is 0. The Morgan fingerprint density at radius 2 is 1.81 bits per heavy atom. The molecule has 1 N–H and O–H groups in total. The molecule has 2 rings (SSSR count). The predicted molar refractivity (Wildman–Crippen MR) is 88.2 cm³/mol. The van der Waals surface area contributed by atoms with Gasteiger partial charge in [0.2, 0.25) is 5.91 Å². The van der Waals surface area contributed by atoms with Crippen molar-refractivity contribution in [1.29, 1.82) is 0 Å². The number of unbranched alkanes of at least 4 members (excludes halogenated alkanes) is 2. The smallest absolute Gasteiger partial charge is 0.433 e. The van der Waals surface area contributed by atoms with Gasteiger partial charge in [0.1, 0.15) is 17.3 Å². The van der Waals surface area contributed by atoms with Crippen molar-refractivity contribution in [3.63, 3.8) is 0 Å². The summed E-state index contributed by atoms with van der Waals surface area (Å²) in [4.78, 5) is 15.0. The first-order valence-electron chi connectivity index (χ1n) is 8.06. The third kappa shape index (κ3) is 6.70. The molecule has 0 atom stereocenters. The molecule has 1 heterocycles. The maximum Gasteiger partial charge on any atom is 0.433 e. The lowest BCUT2D eigenvalue weighted by Gasteiger charge is -2.09. The van der Waals surface area contributed by atoms with Crippen LogP contribution in [-0.2, 0) is 11.0 Å². The lowest BCUT2D eigenvalue weighted by Crippen LogP contribution is -2.13. The Morgan fingerprint density at radius 3 is 2.50 bits per heavy atom. The summed E-state index contributed by atoms with van der Waals surface area (Å²) in [6.45, 7) is 0.437. The summed E-state index contributed by atoms with van der Waals surface area (Å²) in [5.74, 6) is -0.119. The highest BCUT2D eigenvalue weighted by atomic mass is 19.4. The lowest BCUT2D eigenvalue weighted by atomic mass is 10.2. The van der Waals surface area contributed by atoms with Crippen LogP contribution in [0.5, 0.6) is 5.75 Å². The molecule has 0 spiro atoms. The number of aromatic nitrogens is 1. The van der Waals surface area contributed by atoms with Crippen LogP contribution in [0, 0.1) is 5.82 Å². The lowest BCUT2D eigenvalue weighted by molar-refractivity contribution is -0.141. The van der Waals surface area contributed by atoms with Crippen molar-refractivity contribution in [2.45, 2.75) is 31.9 Å². The van der Waals surface area contributed by atoms with Crippen LogP contribution in [0.1, 0.15) is 31.4 Å². The van der Waals surface area contributed by atoms with Crippen molar-refractivity contribution in [3.05, 3.63) is 54.1 Å². The molecule has 0 bridgehead atoms. The quantitative estimate of drug-likeness (QED) is 0.536. The van der Waals surface area contributed by atoms with Gasteiger partial charge in [-0.15, -0.1) is 0 Å². The number of amides is 1. The molecular weight excluding hydrogens is 352 g/mol. The van der Waals surface area contributed by atoms with Crippen LogP contribution >= 0.6 is 0 Å². The van der Waals surface area contributed by atoms with E-state index in [0.717, 1.165) is 18.7 Å². The summed E-state index contributed by atoms with van der Waals surface area (Å²) in [5.41, 5.74) is -0.981. The van der Waals surface area contributed by atoms with Gasteiger partial charge in [-0.05, 0) is 55.7 Å². The van der Waals surface area contributed by atoms with Crippen molar-refractivity contribution in [1.82, 2.24) is 4.98 Å². The normalized spacial score (nSPS) is 11.2. The molecule has 0 aliphatic carbocycles. The fourth-order valence-electron chi connectivity index (χ4n) is 2.17. The number of benzene rings is 1. The Kier molecular flexibility index (Phi) is 6.94. The Balaban J connectivity index is 1.64. The van der Waals surface area contributed by atoms with Crippen molar-refractivity contribution in [2.75, 3.05) is 11.9 Å². The second kappa shape index (κ2) is 9.17. The summed E-state index contributed by atoms with van der Waals surface area (Å²) < 4.78 is 55.9. The first kappa shape index (κ1) is 19.7. The molecule has 140 valence electrons. The van der Waals surface area contributed by atoms with Crippen molar-refractivity contribution in [2.24, 2.45) is 0 Å². The minimum Gasteiger partial charge on any atom is -0.494 e. The highest BCUT2D eigenvalue weighted by Crippen LogP contribution is 2.28. The summed E-state index contributed by atoms with van der Waals surface area (Å²) in [5, 5.41) is 2.43. The van der Waals surface area contributed by atoms with E-state index in [1.165, 1.54) is 30.3 Å². The molecule has 0 fully saturated rings. The zero-order valence-electron chi connectivity index (χ0n) is 13.9. The second-order valence-electron chi connectivity index (χ2n) is 5.59. The van der Waals surface area contributed by atoms with E-state index in [-0.39, 0.29) is 23.8 Å². The van der Waals surface area contributed by atoms with Crippen LogP contribution in [0.2, 0.25) is 0 Å². The van der Waals surface area contributed by atoms with Crippen LogP contribution in [0.3, 0.4) is 0 Å². The Bertz CT molecular complexity index is 718. The van der Waals surface area contributed by atoms with Gasteiger partial charge >= 0.3 is 6.18 Å². The highest BCUT2D eigenvalue weighted by molar-refractivity contribution is 5.90. The van der Waals surface area contributed by atoms with Gasteiger partial charge in [-0.1, -0.05) is 0 Å². The molecule has 2 aromatic rings. The molecule has 4 nitrogen and oxygen atoms in total. The SMILES string of the molecule is O=C(CCCCCOc1ccc(F)cc1)Nc1ccnc(C(F)(F)F)c1. The first-order valence-corrected chi connectivity index (χ1v) is 8.06. The molecule has 1 amide bonds. The monoisotopic (exact) mass is 370 g/mol. The predicted octanol–water partition coefficient (Wildman–Crippen LogP) is 4.82. The Labute approximate surface area is 148 Å². The summed E-state index contributed by atoms with van der Waals surface area (Å²) in [6.07, 6.45) is -1.34. The van der Waals surface area contributed by atoms with Crippen molar-refractivity contribution < 1.29 is 27.1 Å². The number of carbonyl (C=O) groups excluding carboxylic acids is 1. The molecular formula is C18H18F4N2O2. The number of hydrogen-bond donors (Lipinski definition) is 1. The molecule has 1 aromatic heterocycles. The number of hydrogen-bond acceptors (Lipinski definition) is 3. The van der Waals surface area contributed by atoms with Gasteiger partial charge in [0.05, 0.1) is 6.61 Å². The maximum atomic E-state index is 12.7. The zero-order chi connectivity index (χ0) is 19.0. The third-order valence-electron chi connectivity index (χ3n) is 3.46. The molecule has 0 saturated carbocycles. The van der Waals surface area contributed by atoms with E-state index in [2.05, 4.69) is 10.3 Å². The third-order valence-corrected chi connectivity index (χ3v) is 3.46. The Hall–Kier alpha value is -2.64. The number of ether oxygens (including phenoxy) is 1. The number of halogens is 4. The van der Waals surface area contributed by atoms with Gasteiger partial charge in [-0.3, -0.25) is 9.78 Å². The number of rotatable bonds is 8. The molecule has 1 aromatic carbocycles. The molecule has 0 unspecified atom stereocenters. The van der Waals surface area contributed by atoms with Crippen molar-refractivity contribution in [3.8, 4) is 5.75 Å². The minimum absolute atomic E-state index is 0.0666. The van der Waals surface area contributed by atoms with Gasteiger partial charge in [0.25, 0.3) is 0 Å². The molecule has 0 saturated heterocycles. The second-order valence-corrected chi connectivity index (χ2v) is 5.59.